The molecular weight excluding hydrogens is 188 g/mol. The molecule has 90 valence electrons. The number of methoxy groups -OCH3 is 1. The van der Waals surface area contributed by atoms with E-state index in [1.165, 1.54) is 25.9 Å². The van der Waals surface area contributed by atoms with Gasteiger partial charge in [0.05, 0.1) is 6.61 Å². The molecular formula is C12H26N2O. The molecule has 1 aliphatic rings. The van der Waals surface area contributed by atoms with E-state index in [1.807, 2.05) is 0 Å². The van der Waals surface area contributed by atoms with Gasteiger partial charge in [-0.2, -0.15) is 0 Å². The van der Waals surface area contributed by atoms with E-state index in [0.717, 1.165) is 12.5 Å². The van der Waals surface area contributed by atoms with E-state index in [2.05, 4.69) is 31.1 Å². The van der Waals surface area contributed by atoms with Gasteiger partial charge >= 0.3 is 0 Å². The van der Waals surface area contributed by atoms with Crippen LogP contribution in [-0.4, -0.2) is 50.8 Å². The molecule has 3 atom stereocenters. The van der Waals surface area contributed by atoms with E-state index in [-0.39, 0.29) is 0 Å². The fourth-order valence-corrected chi connectivity index (χ4v) is 2.61. The Morgan fingerprint density at radius 1 is 1.53 bits per heavy atom. The minimum atomic E-state index is 0.607. The van der Waals surface area contributed by atoms with Gasteiger partial charge in [0.15, 0.2) is 0 Å². The van der Waals surface area contributed by atoms with Crippen molar-refractivity contribution >= 4 is 0 Å². The van der Waals surface area contributed by atoms with Crippen LogP contribution in [0.25, 0.3) is 0 Å². The van der Waals surface area contributed by atoms with E-state index in [1.54, 1.807) is 7.11 Å². The predicted molar refractivity (Wildman–Crippen MR) is 64.2 cm³/mol. The molecule has 1 saturated heterocycles. The van der Waals surface area contributed by atoms with Crippen LogP contribution >= 0.6 is 0 Å². The van der Waals surface area contributed by atoms with Gasteiger partial charge in [-0.15, -0.1) is 0 Å². The average Bonchev–Trinajstić information content (AvgIpc) is 2.25. The third-order valence-corrected chi connectivity index (χ3v) is 3.65. The van der Waals surface area contributed by atoms with Crippen LogP contribution < -0.4 is 5.32 Å². The number of ether oxygens (including phenoxy) is 1. The maximum absolute atomic E-state index is 5.28. The van der Waals surface area contributed by atoms with E-state index in [4.69, 9.17) is 4.74 Å². The average molecular weight is 214 g/mol. The maximum atomic E-state index is 5.28. The molecule has 15 heavy (non-hydrogen) atoms. The first-order valence-electron chi connectivity index (χ1n) is 6.13. The Hall–Kier alpha value is -0.120. The van der Waals surface area contributed by atoms with E-state index >= 15 is 0 Å². The molecule has 0 bridgehead atoms. The zero-order chi connectivity index (χ0) is 11.3. The molecule has 1 aliphatic heterocycles. The van der Waals surface area contributed by atoms with E-state index < -0.39 is 0 Å². The Bertz CT molecular complexity index is 175. The lowest BCUT2D eigenvalue weighted by Gasteiger charge is -2.40. The molecule has 0 spiro atoms. The molecule has 0 saturated carbocycles. The Labute approximate surface area is 94.2 Å². The van der Waals surface area contributed by atoms with Gasteiger partial charge in [-0.1, -0.05) is 13.8 Å². The number of hydrogen-bond donors (Lipinski definition) is 1. The fraction of sp³-hybridized carbons (Fsp3) is 1.00. The number of likely N-dealkylation sites (tertiary alicyclic amines) is 1. The lowest BCUT2D eigenvalue weighted by Crippen LogP contribution is -2.51. The van der Waals surface area contributed by atoms with Crippen LogP contribution in [0.3, 0.4) is 0 Å². The molecule has 0 aromatic rings. The molecule has 0 radical (unpaired) electrons. The number of nitrogens with zero attached hydrogens (tertiary/aromatic N) is 1. The van der Waals surface area contributed by atoms with Crippen molar-refractivity contribution in [1.82, 2.24) is 10.2 Å². The van der Waals surface area contributed by atoms with Gasteiger partial charge in [0, 0.05) is 32.3 Å². The first kappa shape index (κ1) is 12.9. The summed E-state index contributed by atoms with van der Waals surface area (Å²) in [5, 5.41) is 3.41. The number of piperidine rings is 1. The highest BCUT2D eigenvalue weighted by Gasteiger charge is 2.28. The van der Waals surface area contributed by atoms with Crippen LogP contribution in [0, 0.1) is 5.92 Å². The minimum Gasteiger partial charge on any atom is -0.383 e. The largest absolute Gasteiger partial charge is 0.383 e. The summed E-state index contributed by atoms with van der Waals surface area (Å²) in [5.41, 5.74) is 0. The summed E-state index contributed by atoms with van der Waals surface area (Å²) in [6.07, 6.45) is 2.45. The molecule has 3 heteroatoms. The molecule has 1 heterocycles. The zero-order valence-electron chi connectivity index (χ0n) is 10.6. The van der Waals surface area contributed by atoms with Crippen LogP contribution in [0.15, 0.2) is 0 Å². The van der Waals surface area contributed by atoms with Crippen LogP contribution in [0.5, 0.6) is 0 Å². The lowest BCUT2D eigenvalue weighted by molar-refractivity contribution is 0.0503. The Morgan fingerprint density at radius 3 is 2.73 bits per heavy atom. The van der Waals surface area contributed by atoms with Crippen molar-refractivity contribution in [1.29, 1.82) is 0 Å². The summed E-state index contributed by atoms with van der Waals surface area (Å²) in [7, 11) is 3.87. The molecule has 3 unspecified atom stereocenters. The lowest BCUT2D eigenvalue weighted by atomic mass is 9.92. The summed E-state index contributed by atoms with van der Waals surface area (Å²) in [4.78, 5) is 2.59. The van der Waals surface area contributed by atoms with E-state index in [0.29, 0.717) is 12.1 Å². The van der Waals surface area contributed by atoms with Gasteiger partial charge in [-0.3, -0.25) is 4.90 Å². The Kier molecular flexibility index (Phi) is 5.58. The second-order valence-corrected chi connectivity index (χ2v) is 4.67. The molecule has 0 amide bonds. The highest BCUT2D eigenvalue weighted by Crippen LogP contribution is 2.19. The van der Waals surface area contributed by atoms with Crippen molar-refractivity contribution in [2.24, 2.45) is 5.92 Å². The molecule has 1 fully saturated rings. The number of rotatable bonds is 5. The molecule has 0 aromatic heterocycles. The van der Waals surface area contributed by atoms with Crippen LogP contribution in [0.4, 0.5) is 0 Å². The van der Waals surface area contributed by atoms with E-state index in [9.17, 15) is 0 Å². The van der Waals surface area contributed by atoms with Crippen molar-refractivity contribution in [3.8, 4) is 0 Å². The predicted octanol–water partition coefficient (Wildman–Crippen LogP) is 1.34. The maximum Gasteiger partial charge on any atom is 0.0617 e. The van der Waals surface area contributed by atoms with Gasteiger partial charge in [-0.25, -0.2) is 0 Å². The first-order chi connectivity index (χ1) is 7.22. The monoisotopic (exact) mass is 214 g/mol. The summed E-state index contributed by atoms with van der Waals surface area (Å²) >= 11 is 0. The summed E-state index contributed by atoms with van der Waals surface area (Å²) in [6.45, 7) is 7.86. The molecule has 0 aliphatic carbocycles. The van der Waals surface area contributed by atoms with Crippen molar-refractivity contribution in [3.05, 3.63) is 0 Å². The Balaban J connectivity index is 2.44. The van der Waals surface area contributed by atoms with Gasteiger partial charge < -0.3 is 10.1 Å². The van der Waals surface area contributed by atoms with Crippen molar-refractivity contribution in [3.63, 3.8) is 0 Å². The van der Waals surface area contributed by atoms with Crippen molar-refractivity contribution in [2.45, 2.75) is 38.8 Å². The van der Waals surface area contributed by atoms with Gasteiger partial charge in [0.2, 0.25) is 0 Å². The first-order valence-corrected chi connectivity index (χ1v) is 6.13. The fourth-order valence-electron chi connectivity index (χ4n) is 2.61. The third kappa shape index (κ3) is 3.44. The quantitative estimate of drug-likeness (QED) is 0.747. The van der Waals surface area contributed by atoms with Gasteiger partial charge in [0.1, 0.15) is 0 Å². The smallest absolute Gasteiger partial charge is 0.0617 e. The highest BCUT2D eigenvalue weighted by atomic mass is 16.5. The molecule has 0 aromatic carbocycles. The molecule has 3 nitrogen and oxygen atoms in total. The number of hydrogen-bond acceptors (Lipinski definition) is 3. The zero-order valence-corrected chi connectivity index (χ0v) is 10.6. The van der Waals surface area contributed by atoms with Crippen LogP contribution in [-0.2, 0) is 4.74 Å². The summed E-state index contributed by atoms with van der Waals surface area (Å²) in [5.74, 6) is 0.745. The third-order valence-electron chi connectivity index (χ3n) is 3.65. The van der Waals surface area contributed by atoms with Crippen molar-refractivity contribution in [2.75, 3.05) is 33.9 Å². The van der Waals surface area contributed by atoms with Gasteiger partial charge in [0.25, 0.3) is 0 Å². The second-order valence-electron chi connectivity index (χ2n) is 4.67. The Morgan fingerprint density at radius 2 is 2.27 bits per heavy atom. The topological polar surface area (TPSA) is 24.5 Å². The number of nitrogens with one attached hydrogen (secondary N) is 1. The molecule has 1 N–H and O–H groups in total. The molecule has 1 rings (SSSR count). The SMILES string of the molecule is CCC(COC)N1CCC(NC)C(C)C1. The highest BCUT2D eigenvalue weighted by molar-refractivity contribution is 4.84. The second kappa shape index (κ2) is 6.46. The van der Waals surface area contributed by atoms with Gasteiger partial charge in [-0.05, 0) is 25.8 Å². The normalized spacial score (nSPS) is 30.4. The minimum absolute atomic E-state index is 0.607. The van der Waals surface area contributed by atoms with Crippen molar-refractivity contribution < 1.29 is 4.74 Å². The standard InChI is InChI=1S/C12H26N2O/c1-5-11(9-15-4)14-7-6-12(13-3)10(2)8-14/h10-13H,5-9H2,1-4H3. The summed E-state index contributed by atoms with van der Waals surface area (Å²) < 4.78 is 5.28. The van der Waals surface area contributed by atoms with Crippen LogP contribution in [0.1, 0.15) is 26.7 Å². The summed E-state index contributed by atoms with van der Waals surface area (Å²) in [6, 6.07) is 1.30. The van der Waals surface area contributed by atoms with Crippen LogP contribution in [0.2, 0.25) is 0 Å².